The topological polar surface area (TPSA) is 68.0 Å². The molecule has 0 aliphatic carbocycles. The monoisotopic (exact) mass is 288 g/mol. The minimum absolute atomic E-state index is 0.750. The zero-order valence-electron chi connectivity index (χ0n) is 11.6. The average molecular weight is 288 g/mol. The summed E-state index contributed by atoms with van der Waals surface area (Å²) in [4.78, 5) is 8.57. The van der Waals surface area contributed by atoms with Crippen LogP contribution in [0.5, 0.6) is 0 Å². The SMILES string of the molecule is c1ccc(Nc2cc(-c3ccc4nncn4c3)ccn2)nc1. The van der Waals surface area contributed by atoms with E-state index in [-0.39, 0.29) is 0 Å². The minimum Gasteiger partial charge on any atom is -0.325 e. The van der Waals surface area contributed by atoms with Crippen LogP contribution in [0, 0.1) is 0 Å². The Morgan fingerprint density at radius 2 is 1.82 bits per heavy atom. The molecule has 0 fully saturated rings. The van der Waals surface area contributed by atoms with Gasteiger partial charge in [-0.05, 0) is 47.5 Å². The Morgan fingerprint density at radius 1 is 0.864 bits per heavy atom. The number of anilines is 2. The third-order valence-electron chi connectivity index (χ3n) is 3.31. The second-order valence-corrected chi connectivity index (χ2v) is 4.78. The van der Waals surface area contributed by atoms with Gasteiger partial charge in [-0.2, -0.15) is 0 Å². The summed E-state index contributed by atoms with van der Waals surface area (Å²) in [6.45, 7) is 0. The van der Waals surface area contributed by atoms with E-state index in [1.54, 1.807) is 18.7 Å². The van der Waals surface area contributed by atoms with Gasteiger partial charge in [0.1, 0.15) is 18.0 Å². The van der Waals surface area contributed by atoms with Crippen LogP contribution < -0.4 is 5.32 Å². The first kappa shape index (κ1) is 12.5. The number of nitrogens with zero attached hydrogens (tertiary/aromatic N) is 5. The van der Waals surface area contributed by atoms with Gasteiger partial charge in [0.2, 0.25) is 0 Å². The molecule has 0 spiro atoms. The van der Waals surface area contributed by atoms with Crippen molar-refractivity contribution >= 4 is 17.3 Å². The van der Waals surface area contributed by atoms with Gasteiger partial charge in [0.15, 0.2) is 5.65 Å². The zero-order valence-corrected chi connectivity index (χ0v) is 11.6. The number of pyridine rings is 3. The van der Waals surface area contributed by atoms with E-state index in [1.807, 2.05) is 53.1 Å². The van der Waals surface area contributed by atoms with Crippen LogP contribution in [-0.2, 0) is 0 Å². The highest BCUT2D eigenvalue weighted by molar-refractivity contribution is 5.68. The molecule has 6 heteroatoms. The maximum Gasteiger partial charge on any atom is 0.160 e. The number of fused-ring (bicyclic) bond motifs is 1. The van der Waals surface area contributed by atoms with Gasteiger partial charge in [0.25, 0.3) is 0 Å². The summed E-state index contributed by atoms with van der Waals surface area (Å²) in [7, 11) is 0. The summed E-state index contributed by atoms with van der Waals surface area (Å²) in [5.41, 5.74) is 2.95. The number of aromatic nitrogens is 5. The molecule has 6 nitrogen and oxygen atoms in total. The highest BCUT2D eigenvalue weighted by Crippen LogP contribution is 2.22. The van der Waals surface area contributed by atoms with Crippen molar-refractivity contribution in [3.63, 3.8) is 0 Å². The van der Waals surface area contributed by atoms with Gasteiger partial charge in [-0.3, -0.25) is 4.40 Å². The lowest BCUT2D eigenvalue weighted by atomic mass is 10.1. The van der Waals surface area contributed by atoms with Crippen molar-refractivity contribution in [1.82, 2.24) is 24.6 Å². The Balaban J connectivity index is 1.69. The lowest BCUT2D eigenvalue weighted by Gasteiger charge is -2.07. The number of hydrogen-bond donors (Lipinski definition) is 1. The van der Waals surface area contributed by atoms with Crippen LogP contribution in [0.15, 0.2) is 67.4 Å². The Morgan fingerprint density at radius 3 is 2.73 bits per heavy atom. The van der Waals surface area contributed by atoms with Crippen LogP contribution in [0.25, 0.3) is 16.8 Å². The van der Waals surface area contributed by atoms with E-state index < -0.39 is 0 Å². The fourth-order valence-corrected chi connectivity index (χ4v) is 2.24. The number of hydrogen-bond acceptors (Lipinski definition) is 5. The van der Waals surface area contributed by atoms with Crippen molar-refractivity contribution in [1.29, 1.82) is 0 Å². The predicted octanol–water partition coefficient (Wildman–Crippen LogP) is 2.93. The van der Waals surface area contributed by atoms with E-state index in [4.69, 9.17) is 0 Å². The highest BCUT2D eigenvalue weighted by Gasteiger charge is 2.03. The molecule has 0 unspecified atom stereocenters. The molecule has 4 heterocycles. The molecule has 0 amide bonds. The second-order valence-electron chi connectivity index (χ2n) is 4.78. The fraction of sp³-hybridized carbons (Fsp3) is 0. The van der Waals surface area contributed by atoms with Crippen molar-refractivity contribution in [2.24, 2.45) is 0 Å². The minimum atomic E-state index is 0.750. The summed E-state index contributed by atoms with van der Waals surface area (Å²) < 4.78 is 1.89. The molecule has 0 aliphatic heterocycles. The lowest BCUT2D eigenvalue weighted by molar-refractivity contribution is 1.10. The zero-order chi connectivity index (χ0) is 14.8. The molecule has 4 rings (SSSR count). The van der Waals surface area contributed by atoms with E-state index in [0.29, 0.717) is 0 Å². The molecule has 1 N–H and O–H groups in total. The van der Waals surface area contributed by atoms with Crippen molar-refractivity contribution in [3.8, 4) is 11.1 Å². The summed E-state index contributed by atoms with van der Waals surface area (Å²) in [6, 6.07) is 13.6. The summed E-state index contributed by atoms with van der Waals surface area (Å²) >= 11 is 0. The highest BCUT2D eigenvalue weighted by atomic mass is 15.2. The summed E-state index contributed by atoms with van der Waals surface area (Å²) in [5, 5.41) is 11.1. The van der Waals surface area contributed by atoms with Gasteiger partial charge in [0.05, 0.1) is 0 Å². The van der Waals surface area contributed by atoms with Gasteiger partial charge in [-0.25, -0.2) is 9.97 Å². The second kappa shape index (κ2) is 5.25. The Kier molecular flexibility index (Phi) is 2.97. The molecule has 0 aromatic carbocycles. The third kappa shape index (κ3) is 2.37. The largest absolute Gasteiger partial charge is 0.325 e. The van der Waals surface area contributed by atoms with Gasteiger partial charge < -0.3 is 5.32 Å². The number of rotatable bonds is 3. The van der Waals surface area contributed by atoms with Crippen LogP contribution in [0.2, 0.25) is 0 Å². The maximum atomic E-state index is 4.33. The molecule has 0 atom stereocenters. The van der Waals surface area contributed by atoms with Crippen molar-refractivity contribution in [2.75, 3.05) is 5.32 Å². The third-order valence-corrected chi connectivity index (χ3v) is 3.31. The molecule has 0 aliphatic rings. The van der Waals surface area contributed by atoms with Crippen LogP contribution in [0.1, 0.15) is 0 Å². The van der Waals surface area contributed by atoms with E-state index >= 15 is 0 Å². The van der Waals surface area contributed by atoms with E-state index in [2.05, 4.69) is 25.5 Å². The van der Waals surface area contributed by atoms with Crippen LogP contribution in [-0.4, -0.2) is 24.6 Å². The molecular weight excluding hydrogens is 276 g/mol. The molecule has 0 saturated carbocycles. The Bertz CT molecular complexity index is 916. The van der Waals surface area contributed by atoms with Gasteiger partial charge in [-0.1, -0.05) is 6.07 Å². The number of nitrogens with one attached hydrogen (secondary N) is 1. The first-order valence-corrected chi connectivity index (χ1v) is 6.82. The molecule has 0 radical (unpaired) electrons. The van der Waals surface area contributed by atoms with Gasteiger partial charge in [-0.15, -0.1) is 10.2 Å². The maximum absolute atomic E-state index is 4.33. The molecule has 4 aromatic heterocycles. The fourth-order valence-electron chi connectivity index (χ4n) is 2.24. The van der Waals surface area contributed by atoms with Crippen molar-refractivity contribution in [2.45, 2.75) is 0 Å². The van der Waals surface area contributed by atoms with Crippen LogP contribution >= 0.6 is 0 Å². The quantitative estimate of drug-likeness (QED) is 0.627. The standard InChI is InChI=1S/C16H12N6/c1-2-7-17-14(3-1)20-15-9-12(6-8-18-15)13-4-5-16-21-19-11-22(16)10-13/h1-11H,(H,17,18,20). The first-order chi connectivity index (χ1) is 10.9. The average Bonchev–Trinajstić information content (AvgIpc) is 3.04. The van der Waals surface area contributed by atoms with Gasteiger partial charge in [0, 0.05) is 18.6 Å². The summed E-state index contributed by atoms with van der Waals surface area (Å²) in [5.74, 6) is 1.52. The van der Waals surface area contributed by atoms with E-state index in [0.717, 1.165) is 28.4 Å². The molecule has 106 valence electrons. The van der Waals surface area contributed by atoms with Crippen molar-refractivity contribution < 1.29 is 0 Å². The Hall–Kier alpha value is -3.28. The summed E-state index contributed by atoms with van der Waals surface area (Å²) in [6.07, 6.45) is 7.20. The normalized spacial score (nSPS) is 10.7. The van der Waals surface area contributed by atoms with Crippen LogP contribution in [0.3, 0.4) is 0 Å². The molecule has 0 bridgehead atoms. The molecule has 4 aromatic rings. The lowest BCUT2D eigenvalue weighted by Crippen LogP contribution is -1.95. The van der Waals surface area contributed by atoms with Crippen molar-refractivity contribution in [3.05, 3.63) is 67.4 Å². The molecule has 0 saturated heterocycles. The van der Waals surface area contributed by atoms with Crippen LogP contribution in [0.4, 0.5) is 11.6 Å². The van der Waals surface area contributed by atoms with E-state index in [1.165, 1.54) is 0 Å². The van der Waals surface area contributed by atoms with Gasteiger partial charge >= 0.3 is 0 Å². The first-order valence-electron chi connectivity index (χ1n) is 6.82. The molecule has 22 heavy (non-hydrogen) atoms. The smallest absolute Gasteiger partial charge is 0.160 e. The molecular formula is C16H12N6. The predicted molar refractivity (Wildman–Crippen MR) is 83.7 cm³/mol. The Labute approximate surface area is 126 Å². The van der Waals surface area contributed by atoms with E-state index in [9.17, 15) is 0 Å².